The zero-order chi connectivity index (χ0) is 18.4. The van der Waals surface area contributed by atoms with Gasteiger partial charge in [0.05, 0.1) is 22.4 Å². The van der Waals surface area contributed by atoms with E-state index in [1.54, 1.807) is 11.8 Å². The van der Waals surface area contributed by atoms with E-state index in [1.165, 1.54) is 36.3 Å². The molecule has 0 atom stereocenters. The lowest BCUT2D eigenvalue weighted by Gasteiger charge is -2.29. The molecule has 1 fully saturated rings. The second-order valence-electron chi connectivity index (χ2n) is 6.85. The van der Waals surface area contributed by atoms with Gasteiger partial charge in [-0.25, -0.2) is 4.99 Å². The van der Waals surface area contributed by atoms with Gasteiger partial charge in [0.1, 0.15) is 0 Å². The number of hydrogen-bond donors (Lipinski definition) is 0. The summed E-state index contributed by atoms with van der Waals surface area (Å²) in [5.41, 5.74) is 3.05. The van der Waals surface area contributed by atoms with Gasteiger partial charge in [0.2, 0.25) is 0 Å². The van der Waals surface area contributed by atoms with Gasteiger partial charge in [-0.3, -0.25) is 0 Å². The molecular formula is C22H23ClN2S. The molecule has 0 amide bonds. The molecule has 0 heterocycles. The van der Waals surface area contributed by atoms with Gasteiger partial charge < -0.3 is 0 Å². The van der Waals surface area contributed by atoms with Crippen molar-refractivity contribution in [2.24, 2.45) is 10.9 Å². The summed E-state index contributed by atoms with van der Waals surface area (Å²) in [4.78, 5) is 4.79. The quantitative estimate of drug-likeness (QED) is 0.422. The van der Waals surface area contributed by atoms with Gasteiger partial charge in [0, 0.05) is 5.02 Å². The fraction of sp³-hybridized carbons (Fsp3) is 0.364. The highest BCUT2D eigenvalue weighted by atomic mass is 35.5. The highest BCUT2D eigenvalue weighted by Gasteiger charge is 2.23. The van der Waals surface area contributed by atoms with E-state index in [1.807, 2.05) is 36.4 Å². The largest absolute Gasteiger partial charge is 0.247 e. The first-order valence-electron chi connectivity index (χ1n) is 9.05. The standard InChI is InChI=1S/C22H23ClN2S/c1-26-22(25-21-4-2-3-20(23)14-21)13-16-5-9-18(10-6-16)19-11-7-17(15-24)8-12-19/h2-4,7-8,11-12,14,16,18H,5-6,9-10,13H2,1H3. The Balaban J connectivity index is 1.57. The molecule has 1 aliphatic rings. The normalized spacial score (nSPS) is 20.6. The lowest BCUT2D eigenvalue weighted by atomic mass is 9.77. The van der Waals surface area contributed by atoms with Crippen molar-refractivity contribution in [1.29, 1.82) is 5.26 Å². The van der Waals surface area contributed by atoms with E-state index in [4.69, 9.17) is 21.9 Å². The van der Waals surface area contributed by atoms with Gasteiger partial charge in [-0.15, -0.1) is 11.8 Å². The predicted molar refractivity (Wildman–Crippen MR) is 113 cm³/mol. The maximum atomic E-state index is 8.93. The second-order valence-corrected chi connectivity index (χ2v) is 8.16. The molecule has 2 aromatic carbocycles. The molecule has 0 bridgehead atoms. The third-order valence-corrected chi connectivity index (χ3v) is 6.08. The number of nitrogens with zero attached hydrogens (tertiary/aromatic N) is 2. The molecule has 4 heteroatoms. The summed E-state index contributed by atoms with van der Waals surface area (Å²) in [7, 11) is 0. The van der Waals surface area contributed by atoms with Crippen LogP contribution in [0, 0.1) is 17.2 Å². The molecule has 2 aromatic rings. The minimum atomic E-state index is 0.626. The van der Waals surface area contributed by atoms with Crippen LogP contribution in [0.25, 0.3) is 0 Å². The Morgan fingerprint density at radius 3 is 2.50 bits per heavy atom. The second kappa shape index (κ2) is 9.26. The number of hydrogen-bond acceptors (Lipinski definition) is 3. The van der Waals surface area contributed by atoms with E-state index in [0.29, 0.717) is 11.8 Å². The SMILES string of the molecule is CSC(CC1CCC(c2ccc(C#N)cc2)CC1)=Nc1cccc(Cl)c1. The van der Waals surface area contributed by atoms with Crippen LogP contribution in [0.5, 0.6) is 0 Å². The van der Waals surface area contributed by atoms with Crippen molar-refractivity contribution in [2.75, 3.05) is 6.26 Å². The number of nitriles is 1. The summed E-state index contributed by atoms with van der Waals surface area (Å²) in [6.07, 6.45) is 8.06. The maximum Gasteiger partial charge on any atom is 0.0991 e. The first kappa shape index (κ1) is 19.0. The highest BCUT2D eigenvalue weighted by molar-refractivity contribution is 8.13. The average molecular weight is 383 g/mol. The fourth-order valence-electron chi connectivity index (χ4n) is 3.64. The number of benzene rings is 2. The Kier molecular flexibility index (Phi) is 6.77. The van der Waals surface area contributed by atoms with Gasteiger partial charge >= 0.3 is 0 Å². The molecule has 0 spiro atoms. The van der Waals surface area contributed by atoms with Crippen LogP contribution in [0.4, 0.5) is 5.69 Å². The molecule has 0 saturated heterocycles. The van der Waals surface area contributed by atoms with Gasteiger partial charge in [0.15, 0.2) is 0 Å². The number of halogens is 1. The number of aliphatic imine (C=N–C) groups is 1. The van der Waals surface area contributed by atoms with E-state index >= 15 is 0 Å². The molecule has 3 rings (SSSR count). The minimum absolute atomic E-state index is 0.626. The van der Waals surface area contributed by atoms with Crippen molar-refractivity contribution in [3.8, 4) is 6.07 Å². The summed E-state index contributed by atoms with van der Waals surface area (Å²) in [6.45, 7) is 0. The molecule has 1 saturated carbocycles. The summed E-state index contributed by atoms with van der Waals surface area (Å²) >= 11 is 7.80. The van der Waals surface area contributed by atoms with E-state index in [-0.39, 0.29) is 0 Å². The molecule has 0 N–H and O–H groups in total. The average Bonchev–Trinajstić information content (AvgIpc) is 2.68. The molecular weight excluding hydrogens is 360 g/mol. The van der Waals surface area contributed by atoms with Crippen LogP contribution in [-0.2, 0) is 0 Å². The lowest BCUT2D eigenvalue weighted by Crippen LogP contribution is -2.15. The molecule has 134 valence electrons. The first-order valence-corrected chi connectivity index (χ1v) is 10.7. The Bertz CT molecular complexity index is 800. The Morgan fingerprint density at radius 2 is 1.88 bits per heavy atom. The van der Waals surface area contributed by atoms with E-state index in [9.17, 15) is 0 Å². The van der Waals surface area contributed by atoms with E-state index < -0.39 is 0 Å². The van der Waals surface area contributed by atoms with Crippen molar-refractivity contribution in [3.05, 3.63) is 64.7 Å². The Labute approximate surface area is 165 Å². The topological polar surface area (TPSA) is 36.1 Å². The van der Waals surface area contributed by atoms with Gasteiger partial charge in [-0.05, 0) is 86.1 Å². The van der Waals surface area contributed by atoms with Crippen molar-refractivity contribution in [2.45, 2.75) is 38.0 Å². The van der Waals surface area contributed by atoms with Crippen molar-refractivity contribution < 1.29 is 0 Å². The first-order chi connectivity index (χ1) is 12.7. The van der Waals surface area contributed by atoms with Crippen LogP contribution >= 0.6 is 23.4 Å². The fourth-order valence-corrected chi connectivity index (χ4v) is 4.42. The van der Waals surface area contributed by atoms with Crippen LogP contribution in [0.1, 0.15) is 49.1 Å². The maximum absolute atomic E-state index is 8.93. The number of rotatable bonds is 4. The highest BCUT2D eigenvalue weighted by Crippen LogP contribution is 2.38. The summed E-state index contributed by atoms with van der Waals surface area (Å²) in [5.74, 6) is 1.33. The third kappa shape index (κ3) is 5.13. The van der Waals surface area contributed by atoms with Crippen molar-refractivity contribution >= 4 is 34.1 Å². The zero-order valence-electron chi connectivity index (χ0n) is 15.0. The molecule has 0 radical (unpaired) electrons. The molecule has 0 aliphatic heterocycles. The van der Waals surface area contributed by atoms with Gasteiger partial charge in [-0.2, -0.15) is 5.26 Å². The van der Waals surface area contributed by atoms with E-state index in [2.05, 4.69) is 24.5 Å². The molecule has 1 aliphatic carbocycles. The van der Waals surface area contributed by atoms with E-state index in [0.717, 1.165) is 22.7 Å². The Morgan fingerprint density at radius 1 is 1.15 bits per heavy atom. The molecule has 2 nitrogen and oxygen atoms in total. The summed E-state index contributed by atoms with van der Waals surface area (Å²) in [6, 6.07) is 18.1. The monoisotopic (exact) mass is 382 g/mol. The third-order valence-electron chi connectivity index (χ3n) is 5.12. The van der Waals surface area contributed by atoms with Crippen LogP contribution in [0.3, 0.4) is 0 Å². The van der Waals surface area contributed by atoms with Crippen molar-refractivity contribution in [3.63, 3.8) is 0 Å². The molecule has 26 heavy (non-hydrogen) atoms. The summed E-state index contributed by atoms with van der Waals surface area (Å²) in [5, 5.41) is 10.9. The smallest absolute Gasteiger partial charge is 0.0991 e. The predicted octanol–water partition coefficient (Wildman–Crippen LogP) is 6.97. The van der Waals surface area contributed by atoms with Gasteiger partial charge in [0.25, 0.3) is 0 Å². The van der Waals surface area contributed by atoms with Crippen LogP contribution in [0.2, 0.25) is 5.02 Å². The summed E-state index contributed by atoms with van der Waals surface area (Å²) < 4.78 is 0. The van der Waals surface area contributed by atoms with Crippen LogP contribution in [-0.4, -0.2) is 11.3 Å². The minimum Gasteiger partial charge on any atom is -0.247 e. The van der Waals surface area contributed by atoms with Gasteiger partial charge in [-0.1, -0.05) is 29.8 Å². The van der Waals surface area contributed by atoms with Crippen LogP contribution < -0.4 is 0 Å². The lowest BCUT2D eigenvalue weighted by molar-refractivity contribution is 0.335. The molecule has 0 aromatic heterocycles. The van der Waals surface area contributed by atoms with Crippen molar-refractivity contribution in [1.82, 2.24) is 0 Å². The zero-order valence-corrected chi connectivity index (χ0v) is 16.6. The van der Waals surface area contributed by atoms with Crippen LogP contribution in [0.15, 0.2) is 53.5 Å². The molecule has 0 unspecified atom stereocenters. The Hall–Kier alpha value is -1.76. The number of thioether (sulfide) groups is 1.